The zero-order valence-corrected chi connectivity index (χ0v) is 12.9. The third kappa shape index (κ3) is 3.46. The van der Waals surface area contributed by atoms with Gasteiger partial charge in [0.1, 0.15) is 5.69 Å². The Hall–Kier alpha value is -2.32. The number of carbonyl (C=O) groups is 1. The van der Waals surface area contributed by atoms with Crippen LogP contribution in [0.2, 0.25) is 5.02 Å². The molecule has 0 bridgehead atoms. The average molecular weight is 343 g/mol. The van der Waals surface area contributed by atoms with E-state index < -0.39 is 21.9 Å². The van der Waals surface area contributed by atoms with Crippen LogP contribution in [0.4, 0.5) is 5.69 Å². The van der Waals surface area contributed by atoms with Crippen molar-refractivity contribution in [1.29, 1.82) is 0 Å². The number of nitrogens with zero attached hydrogens (tertiary/aromatic N) is 1. The normalized spacial score (nSPS) is 11.0. The molecule has 22 heavy (non-hydrogen) atoms. The van der Waals surface area contributed by atoms with Crippen LogP contribution in [0.15, 0.2) is 41.4 Å². The summed E-state index contributed by atoms with van der Waals surface area (Å²) in [4.78, 5) is 14.8. The lowest BCUT2D eigenvalue weighted by molar-refractivity contribution is 0.0600. The molecule has 0 radical (unpaired) electrons. The van der Waals surface area contributed by atoms with E-state index in [1.165, 1.54) is 37.6 Å². The fourth-order valence-corrected chi connectivity index (χ4v) is 2.87. The molecule has 1 heterocycles. The van der Waals surface area contributed by atoms with Gasteiger partial charge in [-0.25, -0.2) is 18.2 Å². The van der Waals surface area contributed by atoms with Gasteiger partial charge in [-0.15, -0.1) is 0 Å². The fraction of sp³-hybridized carbons (Fsp3) is 0.0769. The number of halogens is 1. The number of aromatic nitrogens is 1. The number of benzene rings is 1. The molecule has 0 atom stereocenters. The molecule has 2 aromatic rings. The quantitative estimate of drug-likeness (QED) is 0.823. The van der Waals surface area contributed by atoms with E-state index in [-0.39, 0.29) is 21.2 Å². The first-order chi connectivity index (χ1) is 10.3. The van der Waals surface area contributed by atoms with Gasteiger partial charge in [-0.3, -0.25) is 4.72 Å². The largest absolute Gasteiger partial charge is 0.492 e. The van der Waals surface area contributed by atoms with Crippen LogP contribution in [-0.4, -0.2) is 31.6 Å². The fourth-order valence-electron chi connectivity index (χ4n) is 1.62. The lowest BCUT2D eigenvalue weighted by atomic mass is 10.2. The van der Waals surface area contributed by atoms with E-state index >= 15 is 0 Å². The van der Waals surface area contributed by atoms with Crippen LogP contribution in [-0.2, 0) is 14.8 Å². The summed E-state index contributed by atoms with van der Waals surface area (Å²) < 4.78 is 31.3. The molecule has 2 N–H and O–H groups in total. The number of pyridine rings is 1. The van der Waals surface area contributed by atoms with E-state index in [9.17, 15) is 18.3 Å². The highest BCUT2D eigenvalue weighted by molar-refractivity contribution is 7.92. The first-order valence-electron chi connectivity index (χ1n) is 5.89. The molecule has 0 saturated heterocycles. The number of rotatable bonds is 4. The number of anilines is 1. The van der Waals surface area contributed by atoms with Crippen LogP contribution >= 0.6 is 11.6 Å². The zero-order chi connectivity index (χ0) is 16.3. The van der Waals surface area contributed by atoms with Gasteiger partial charge in [-0.1, -0.05) is 17.7 Å². The Labute approximate surface area is 131 Å². The molecular weight excluding hydrogens is 332 g/mol. The Kier molecular flexibility index (Phi) is 4.53. The topological polar surface area (TPSA) is 106 Å². The summed E-state index contributed by atoms with van der Waals surface area (Å²) in [6.07, 6.45) is 1.17. The Morgan fingerprint density at radius 1 is 1.36 bits per heavy atom. The van der Waals surface area contributed by atoms with Crippen LogP contribution in [0.5, 0.6) is 5.88 Å². The summed E-state index contributed by atoms with van der Waals surface area (Å²) >= 11 is 5.71. The Morgan fingerprint density at radius 2 is 2.09 bits per heavy atom. The Morgan fingerprint density at radius 3 is 2.77 bits per heavy atom. The predicted octanol–water partition coefficient (Wildman–Crippen LogP) is 2.03. The van der Waals surface area contributed by atoms with Crippen molar-refractivity contribution >= 4 is 33.3 Å². The van der Waals surface area contributed by atoms with E-state index in [2.05, 4.69) is 14.4 Å². The Bertz CT molecular complexity index is 823. The number of ether oxygens (including phenoxy) is 1. The van der Waals surface area contributed by atoms with Crippen molar-refractivity contribution in [3.05, 3.63) is 47.1 Å². The minimum Gasteiger partial charge on any atom is -0.492 e. The van der Waals surface area contributed by atoms with Gasteiger partial charge in [0.25, 0.3) is 10.0 Å². The van der Waals surface area contributed by atoms with Crippen LogP contribution in [0, 0.1) is 0 Å². The second-order valence-corrected chi connectivity index (χ2v) is 6.27. The molecule has 0 aliphatic heterocycles. The van der Waals surface area contributed by atoms with Gasteiger partial charge in [-0.2, -0.15) is 0 Å². The van der Waals surface area contributed by atoms with Crippen LogP contribution < -0.4 is 4.72 Å². The molecule has 1 aromatic heterocycles. The SMILES string of the molecule is COC(=O)c1cccc(S(=O)(=O)Nc2cc(Cl)cnc2O)c1. The molecule has 0 unspecified atom stereocenters. The van der Waals surface area contributed by atoms with Crippen molar-refractivity contribution in [2.75, 3.05) is 11.8 Å². The summed E-state index contributed by atoms with van der Waals surface area (Å²) in [5, 5.41) is 9.71. The molecule has 0 aliphatic carbocycles. The lowest BCUT2D eigenvalue weighted by Crippen LogP contribution is -2.14. The van der Waals surface area contributed by atoms with Crippen LogP contribution in [0.25, 0.3) is 0 Å². The summed E-state index contributed by atoms with van der Waals surface area (Å²) in [7, 11) is -2.84. The number of esters is 1. The zero-order valence-electron chi connectivity index (χ0n) is 11.3. The molecular formula is C13H11ClN2O5S. The maximum atomic E-state index is 12.3. The van der Waals surface area contributed by atoms with E-state index in [1.807, 2.05) is 0 Å². The van der Waals surface area contributed by atoms with Crippen molar-refractivity contribution < 1.29 is 23.1 Å². The van der Waals surface area contributed by atoms with E-state index in [0.717, 1.165) is 6.07 Å². The summed E-state index contributed by atoms with van der Waals surface area (Å²) in [6.45, 7) is 0. The minimum absolute atomic E-state index is 0.0822. The molecule has 0 saturated carbocycles. The van der Waals surface area contributed by atoms with E-state index in [1.54, 1.807) is 0 Å². The number of aromatic hydroxyl groups is 1. The second kappa shape index (κ2) is 6.20. The van der Waals surface area contributed by atoms with Crippen LogP contribution in [0.3, 0.4) is 0 Å². The molecule has 7 nitrogen and oxygen atoms in total. The standard InChI is InChI=1S/C13H11ClN2O5S/c1-21-13(18)8-3-2-4-10(5-8)22(19,20)16-11-6-9(14)7-15-12(11)17/h2-7,16H,1H3,(H,15,17). The van der Waals surface area contributed by atoms with Gasteiger partial charge < -0.3 is 9.84 Å². The first kappa shape index (κ1) is 16.1. The van der Waals surface area contributed by atoms with E-state index in [4.69, 9.17) is 11.6 Å². The van der Waals surface area contributed by atoms with Crippen molar-refractivity contribution in [2.45, 2.75) is 4.90 Å². The van der Waals surface area contributed by atoms with Crippen molar-refractivity contribution in [3.8, 4) is 5.88 Å². The van der Waals surface area contributed by atoms with Gasteiger partial charge in [0, 0.05) is 6.20 Å². The van der Waals surface area contributed by atoms with Gasteiger partial charge >= 0.3 is 5.97 Å². The number of nitrogens with one attached hydrogen (secondary N) is 1. The molecule has 1 aromatic carbocycles. The smallest absolute Gasteiger partial charge is 0.337 e. The third-order valence-corrected chi connectivity index (χ3v) is 4.21. The van der Waals surface area contributed by atoms with Gasteiger partial charge in [0.2, 0.25) is 5.88 Å². The van der Waals surface area contributed by atoms with Gasteiger partial charge in [0.05, 0.1) is 22.6 Å². The number of methoxy groups -OCH3 is 1. The highest BCUT2D eigenvalue weighted by Crippen LogP contribution is 2.26. The number of sulfonamides is 1. The minimum atomic E-state index is -4.03. The molecule has 2 rings (SSSR count). The van der Waals surface area contributed by atoms with E-state index in [0.29, 0.717) is 0 Å². The molecule has 0 aliphatic rings. The van der Waals surface area contributed by atoms with Crippen molar-refractivity contribution in [1.82, 2.24) is 4.98 Å². The summed E-state index contributed by atoms with van der Waals surface area (Å²) in [5.74, 6) is -1.18. The van der Waals surface area contributed by atoms with Crippen molar-refractivity contribution in [3.63, 3.8) is 0 Å². The highest BCUT2D eigenvalue weighted by Gasteiger charge is 2.19. The molecule has 0 fully saturated rings. The second-order valence-electron chi connectivity index (χ2n) is 4.15. The number of carbonyl (C=O) groups excluding carboxylic acids is 1. The maximum absolute atomic E-state index is 12.3. The van der Waals surface area contributed by atoms with Crippen molar-refractivity contribution in [2.24, 2.45) is 0 Å². The summed E-state index contributed by atoms with van der Waals surface area (Å²) in [6, 6.07) is 6.48. The predicted molar refractivity (Wildman–Crippen MR) is 79.5 cm³/mol. The highest BCUT2D eigenvalue weighted by atomic mass is 35.5. The third-order valence-electron chi connectivity index (χ3n) is 2.64. The molecule has 116 valence electrons. The molecule has 0 amide bonds. The number of hydrogen-bond donors (Lipinski definition) is 2. The maximum Gasteiger partial charge on any atom is 0.337 e. The average Bonchev–Trinajstić information content (AvgIpc) is 2.50. The lowest BCUT2D eigenvalue weighted by Gasteiger charge is -2.10. The van der Waals surface area contributed by atoms with Gasteiger partial charge in [0.15, 0.2) is 0 Å². The molecule has 0 spiro atoms. The van der Waals surface area contributed by atoms with Gasteiger partial charge in [-0.05, 0) is 24.3 Å². The Balaban J connectivity index is 2.38. The number of hydrogen-bond acceptors (Lipinski definition) is 6. The monoisotopic (exact) mass is 342 g/mol. The summed E-state index contributed by atoms with van der Waals surface area (Å²) in [5.41, 5.74) is -0.0882. The molecule has 9 heteroatoms. The first-order valence-corrected chi connectivity index (χ1v) is 7.75. The van der Waals surface area contributed by atoms with Crippen LogP contribution in [0.1, 0.15) is 10.4 Å².